The van der Waals surface area contributed by atoms with Gasteiger partial charge in [-0.1, -0.05) is 58.3 Å². The lowest BCUT2D eigenvalue weighted by Gasteiger charge is -2.00. The molecule has 78 valence electrons. The average molecular weight is 183 g/mol. The molecule has 0 aliphatic carbocycles. The molecule has 0 nitrogen and oxygen atoms in total. The Morgan fingerprint density at radius 3 is 1.38 bits per heavy atom. The van der Waals surface area contributed by atoms with E-state index >= 15 is 0 Å². The first kappa shape index (κ1) is 12.9. The molecule has 0 fully saturated rings. The van der Waals surface area contributed by atoms with Gasteiger partial charge in [0.15, 0.2) is 0 Å². The van der Waals surface area contributed by atoms with E-state index in [0.717, 1.165) is 6.42 Å². The zero-order valence-corrected chi connectivity index (χ0v) is 9.49. The van der Waals surface area contributed by atoms with Crippen molar-refractivity contribution in [2.24, 2.45) is 0 Å². The van der Waals surface area contributed by atoms with Crippen LogP contribution in [-0.4, -0.2) is 0 Å². The molecule has 0 aliphatic heterocycles. The molecule has 0 saturated carbocycles. The number of unbranched alkanes of at least 4 members (excludes halogenated alkanes) is 10. The van der Waals surface area contributed by atoms with E-state index in [9.17, 15) is 0 Å². The normalized spacial score (nSPS) is 10.5. The minimum Gasteiger partial charge on any atom is -0.0654 e. The molecule has 0 rings (SSSR count). The van der Waals surface area contributed by atoms with Crippen molar-refractivity contribution in [1.29, 1.82) is 0 Å². The van der Waals surface area contributed by atoms with Gasteiger partial charge in [0, 0.05) is 0 Å². The summed E-state index contributed by atoms with van der Waals surface area (Å²) in [7, 11) is 0. The average Bonchev–Trinajstić information content (AvgIpc) is 2.16. The van der Waals surface area contributed by atoms with Gasteiger partial charge in [-0.05, 0) is 12.8 Å². The lowest BCUT2D eigenvalue weighted by Crippen LogP contribution is -1.81. The van der Waals surface area contributed by atoms with Gasteiger partial charge >= 0.3 is 0 Å². The van der Waals surface area contributed by atoms with Crippen LogP contribution in [0, 0.1) is 6.92 Å². The molecule has 0 spiro atoms. The minimum atomic E-state index is 1.12. The van der Waals surface area contributed by atoms with Crippen LogP contribution in [0.3, 0.4) is 0 Å². The van der Waals surface area contributed by atoms with Crippen LogP contribution in [0.2, 0.25) is 0 Å². The lowest BCUT2D eigenvalue weighted by atomic mass is 10.1. The van der Waals surface area contributed by atoms with Crippen molar-refractivity contribution in [3.63, 3.8) is 0 Å². The van der Waals surface area contributed by atoms with Gasteiger partial charge in [0.25, 0.3) is 0 Å². The topological polar surface area (TPSA) is 0 Å². The third kappa shape index (κ3) is 11.9. The summed E-state index contributed by atoms with van der Waals surface area (Å²) >= 11 is 0. The maximum absolute atomic E-state index is 3.85. The predicted molar refractivity (Wildman–Crippen MR) is 61.8 cm³/mol. The van der Waals surface area contributed by atoms with Crippen molar-refractivity contribution in [3.05, 3.63) is 6.92 Å². The third-order valence-corrected chi connectivity index (χ3v) is 2.60. The van der Waals surface area contributed by atoms with E-state index in [1.165, 1.54) is 64.2 Å². The van der Waals surface area contributed by atoms with Gasteiger partial charge in [-0.25, -0.2) is 0 Å². The predicted octanol–water partition coefficient (Wildman–Crippen LogP) is 5.13. The molecule has 0 aliphatic rings. The highest BCUT2D eigenvalue weighted by Crippen LogP contribution is 2.10. The Balaban J connectivity index is 2.76. The molecule has 0 radical (unpaired) electrons. The van der Waals surface area contributed by atoms with Crippen LogP contribution >= 0.6 is 0 Å². The van der Waals surface area contributed by atoms with Crippen LogP contribution in [0.5, 0.6) is 0 Å². The zero-order chi connectivity index (χ0) is 9.78. The van der Waals surface area contributed by atoms with E-state index in [1.54, 1.807) is 0 Å². The van der Waals surface area contributed by atoms with Gasteiger partial charge < -0.3 is 0 Å². The van der Waals surface area contributed by atoms with Crippen molar-refractivity contribution in [2.75, 3.05) is 0 Å². The third-order valence-electron chi connectivity index (χ3n) is 2.60. The van der Waals surface area contributed by atoms with E-state index < -0.39 is 0 Å². The van der Waals surface area contributed by atoms with Crippen molar-refractivity contribution in [2.45, 2.75) is 77.6 Å². The molecule has 0 aromatic heterocycles. The smallest absolute Gasteiger partial charge is 0.0654 e. The van der Waals surface area contributed by atoms with Crippen LogP contribution < -0.4 is 0 Å². The highest BCUT2D eigenvalue weighted by atomic mass is 14.0. The fraction of sp³-hybridized carbons (Fsp3) is 0.923. The van der Waals surface area contributed by atoms with Gasteiger partial charge in [-0.15, -0.1) is 0 Å². The summed E-state index contributed by atoms with van der Waals surface area (Å²) in [4.78, 5) is 0. The summed E-state index contributed by atoms with van der Waals surface area (Å²) in [6.45, 7) is 6.13. The molecule has 0 heteroatoms. The van der Waals surface area contributed by atoms with Gasteiger partial charge in [0.2, 0.25) is 0 Å². The number of hydrogen-bond acceptors (Lipinski definition) is 0. The van der Waals surface area contributed by atoms with Crippen LogP contribution in [0.1, 0.15) is 77.6 Å². The van der Waals surface area contributed by atoms with E-state index in [-0.39, 0.29) is 0 Å². The van der Waals surface area contributed by atoms with Crippen LogP contribution in [-0.2, 0) is 0 Å². The maximum Gasteiger partial charge on any atom is 0.0850 e. The fourth-order valence-corrected chi connectivity index (χ4v) is 1.66. The monoisotopic (exact) mass is 183 g/mol. The van der Waals surface area contributed by atoms with E-state index in [2.05, 4.69) is 13.8 Å². The van der Waals surface area contributed by atoms with Gasteiger partial charge in [-0.2, -0.15) is 0 Å². The first-order chi connectivity index (χ1) is 6.41. The van der Waals surface area contributed by atoms with Crippen LogP contribution in [0.4, 0.5) is 0 Å². The molecule has 0 unspecified atom stereocenters. The second kappa shape index (κ2) is 11.9. The zero-order valence-electron chi connectivity index (χ0n) is 9.49. The Hall–Kier alpha value is -0.130. The summed E-state index contributed by atoms with van der Waals surface area (Å²) in [6, 6.07) is 0. The molecular formula is C13H27+. The first-order valence-corrected chi connectivity index (χ1v) is 6.21. The molecule has 0 aromatic carbocycles. The van der Waals surface area contributed by atoms with Gasteiger partial charge in [0.1, 0.15) is 0 Å². The summed E-state index contributed by atoms with van der Waals surface area (Å²) in [6.07, 6.45) is 15.4. The summed E-state index contributed by atoms with van der Waals surface area (Å²) in [5.74, 6) is 0. The molecule has 0 saturated heterocycles. The fourth-order valence-electron chi connectivity index (χ4n) is 1.66. The SMILES string of the molecule is [CH2+]CCCCCCCCCCCC. The van der Waals surface area contributed by atoms with Gasteiger partial charge in [-0.3, -0.25) is 0 Å². The Morgan fingerprint density at radius 2 is 1.00 bits per heavy atom. The van der Waals surface area contributed by atoms with Crippen LogP contribution in [0.15, 0.2) is 0 Å². The molecule has 0 aromatic rings. The molecule has 0 amide bonds. The van der Waals surface area contributed by atoms with E-state index in [0.29, 0.717) is 0 Å². The quantitative estimate of drug-likeness (QED) is 0.325. The highest BCUT2D eigenvalue weighted by Gasteiger charge is 1.91. The maximum atomic E-state index is 3.85. The first-order valence-electron chi connectivity index (χ1n) is 6.21. The molecule has 0 N–H and O–H groups in total. The van der Waals surface area contributed by atoms with E-state index in [4.69, 9.17) is 0 Å². The standard InChI is InChI=1S/C13H27/c1-3-5-7-9-11-13-12-10-8-6-4-2/h1,3-13H2,2H3/q+1. The Bertz CT molecular complexity index is 66.1. The van der Waals surface area contributed by atoms with Gasteiger partial charge in [0.05, 0.1) is 13.3 Å². The minimum absolute atomic E-state index is 1.12. The van der Waals surface area contributed by atoms with Crippen LogP contribution in [0.25, 0.3) is 0 Å². The lowest BCUT2D eigenvalue weighted by molar-refractivity contribution is 0.557. The van der Waals surface area contributed by atoms with Crippen molar-refractivity contribution in [1.82, 2.24) is 0 Å². The molecule has 0 atom stereocenters. The van der Waals surface area contributed by atoms with E-state index in [1.807, 2.05) is 0 Å². The molecule has 13 heavy (non-hydrogen) atoms. The van der Waals surface area contributed by atoms with Crippen molar-refractivity contribution in [3.8, 4) is 0 Å². The Labute approximate surface area is 85.1 Å². The number of hydrogen-bond donors (Lipinski definition) is 0. The molecule has 0 heterocycles. The second-order valence-electron chi connectivity index (χ2n) is 4.04. The highest BCUT2D eigenvalue weighted by molar-refractivity contribution is 4.48. The number of rotatable bonds is 10. The Morgan fingerprint density at radius 1 is 0.615 bits per heavy atom. The molecule has 0 bridgehead atoms. The summed E-state index contributed by atoms with van der Waals surface area (Å²) in [5, 5.41) is 0. The summed E-state index contributed by atoms with van der Waals surface area (Å²) in [5.41, 5.74) is 0. The van der Waals surface area contributed by atoms with Crippen molar-refractivity contribution < 1.29 is 0 Å². The van der Waals surface area contributed by atoms with Crippen molar-refractivity contribution >= 4 is 0 Å². The summed E-state index contributed by atoms with van der Waals surface area (Å²) < 4.78 is 0. The molecular weight excluding hydrogens is 156 g/mol. The Kier molecular flexibility index (Phi) is 11.8. The largest absolute Gasteiger partial charge is 0.0850 e. The second-order valence-corrected chi connectivity index (χ2v) is 4.04.